The fourth-order valence-corrected chi connectivity index (χ4v) is 10.2. The van der Waals surface area contributed by atoms with Crippen molar-refractivity contribution >= 4 is 17.9 Å². The third-order valence-corrected chi connectivity index (χ3v) is 11.2. The van der Waals surface area contributed by atoms with Gasteiger partial charge < -0.3 is 0 Å². The van der Waals surface area contributed by atoms with Crippen LogP contribution < -0.4 is 10.6 Å². The molecule has 6 rings (SSSR count). The van der Waals surface area contributed by atoms with Gasteiger partial charge in [0.25, 0.3) is 0 Å². The molecule has 2 unspecified atom stereocenters. The van der Waals surface area contributed by atoms with Crippen molar-refractivity contribution in [1.29, 1.82) is 0 Å². The van der Waals surface area contributed by atoms with Crippen LogP contribution in [0.4, 0.5) is 0 Å². The van der Waals surface area contributed by atoms with E-state index >= 15 is 0 Å². The van der Waals surface area contributed by atoms with Crippen LogP contribution in [-0.4, -0.2) is 13.3 Å². The summed E-state index contributed by atoms with van der Waals surface area (Å²) in [6.45, 7) is 9.63. The van der Waals surface area contributed by atoms with E-state index < -0.39 is 7.26 Å². The van der Waals surface area contributed by atoms with Crippen LogP contribution in [0, 0.1) is 26.0 Å². The van der Waals surface area contributed by atoms with E-state index in [1.807, 2.05) is 0 Å². The zero-order valence-electron chi connectivity index (χ0n) is 18.6. The molecular weight excluding hydrogens is 391 g/mol. The molecule has 0 saturated heterocycles. The predicted molar refractivity (Wildman–Crippen MR) is 136 cm³/mol. The first-order valence-electron chi connectivity index (χ1n) is 11.2. The van der Waals surface area contributed by atoms with Crippen LogP contribution in [0.15, 0.2) is 84.0 Å². The van der Waals surface area contributed by atoms with Crippen molar-refractivity contribution in [2.24, 2.45) is 0 Å². The molecule has 0 nitrogen and oxygen atoms in total. The molecule has 2 aromatic carbocycles. The Morgan fingerprint density at radius 1 is 0.645 bits per heavy atom. The fourth-order valence-electron chi connectivity index (χ4n) is 6.12. The Morgan fingerprint density at radius 3 is 1.55 bits per heavy atom. The first kappa shape index (κ1) is 19.0. The van der Waals surface area contributed by atoms with E-state index in [0.717, 1.165) is 0 Å². The molecule has 0 amide bonds. The molecule has 1 heteroatoms. The monoisotopic (exact) mass is 418 g/mol. The minimum atomic E-state index is -2.04. The number of fused-ring (bicyclic) bond motifs is 6. The standard InChI is InChI=1S/C30H27P/c1-19-13-15-25-23-11-7-5-9-21(23)17-27(25)29(19)31(3,4)30-20(2)14-16-26-24-12-8-6-10-22(24)18-28(26)30/h5-16,23-24,31H,1-4H3. The number of allylic oxidation sites excluding steroid dienone is 10. The van der Waals surface area contributed by atoms with Crippen molar-refractivity contribution in [2.45, 2.75) is 25.7 Å². The van der Waals surface area contributed by atoms with Crippen molar-refractivity contribution in [2.75, 3.05) is 13.3 Å². The van der Waals surface area contributed by atoms with Crippen molar-refractivity contribution in [1.82, 2.24) is 0 Å². The van der Waals surface area contributed by atoms with Crippen LogP contribution in [0.2, 0.25) is 0 Å². The summed E-state index contributed by atoms with van der Waals surface area (Å²) >= 11 is 0. The topological polar surface area (TPSA) is 0 Å². The van der Waals surface area contributed by atoms with Gasteiger partial charge in [0.15, 0.2) is 0 Å². The molecule has 31 heavy (non-hydrogen) atoms. The van der Waals surface area contributed by atoms with E-state index in [1.54, 1.807) is 0 Å². The molecule has 0 saturated carbocycles. The van der Waals surface area contributed by atoms with E-state index in [2.05, 4.69) is 112 Å². The van der Waals surface area contributed by atoms with Crippen molar-refractivity contribution in [3.05, 3.63) is 130 Å². The number of hydrogen-bond donors (Lipinski definition) is 0. The molecule has 2 aromatic rings. The molecule has 0 N–H and O–H groups in total. The molecule has 4 aliphatic carbocycles. The normalized spacial score (nSPS) is 22.6. The molecule has 4 aliphatic rings. The van der Waals surface area contributed by atoms with Crippen LogP contribution in [0.3, 0.4) is 0 Å². The summed E-state index contributed by atoms with van der Waals surface area (Å²) in [5.74, 6) is 0.720. The van der Waals surface area contributed by atoms with Crippen molar-refractivity contribution in [3.8, 4) is 0 Å². The fraction of sp³-hybridized carbons (Fsp3) is 0.200. The predicted octanol–water partition coefficient (Wildman–Crippen LogP) is 5.87. The Bertz CT molecular complexity index is 1220. The third-order valence-electron chi connectivity index (χ3n) is 7.40. The second-order valence-electron chi connectivity index (χ2n) is 9.67. The Labute approximate surface area is 186 Å². The third kappa shape index (κ3) is 2.65. The number of hydrogen-bond acceptors (Lipinski definition) is 0. The Kier molecular flexibility index (Phi) is 4.08. The summed E-state index contributed by atoms with van der Waals surface area (Å²) in [6.07, 6.45) is 25.3. The second-order valence-corrected chi connectivity index (χ2v) is 13.9. The minimum absolute atomic E-state index is 0.360. The van der Waals surface area contributed by atoms with E-state index in [9.17, 15) is 0 Å². The molecule has 2 atom stereocenters. The zero-order chi connectivity index (χ0) is 21.3. The van der Waals surface area contributed by atoms with Crippen LogP contribution in [-0.2, 0) is 0 Å². The zero-order valence-corrected chi connectivity index (χ0v) is 19.6. The van der Waals surface area contributed by atoms with Gasteiger partial charge in [-0.3, -0.25) is 0 Å². The first-order chi connectivity index (χ1) is 15.0. The van der Waals surface area contributed by atoms with E-state index in [-0.39, 0.29) is 0 Å². The average Bonchev–Trinajstić information content (AvgIpc) is 3.30. The summed E-state index contributed by atoms with van der Waals surface area (Å²) in [5.41, 5.74) is 11.0. The van der Waals surface area contributed by atoms with Gasteiger partial charge in [0.1, 0.15) is 0 Å². The molecule has 0 aliphatic heterocycles. The Morgan fingerprint density at radius 2 is 1.10 bits per heavy atom. The first-order valence-corrected chi connectivity index (χ1v) is 14.2. The summed E-state index contributed by atoms with van der Waals surface area (Å²) in [4.78, 5) is 0. The van der Waals surface area contributed by atoms with E-state index in [4.69, 9.17) is 0 Å². The summed E-state index contributed by atoms with van der Waals surface area (Å²) in [7, 11) is -2.04. The van der Waals surface area contributed by atoms with Crippen LogP contribution in [0.1, 0.15) is 45.2 Å². The number of aryl methyl sites for hydroxylation is 2. The molecule has 0 spiro atoms. The van der Waals surface area contributed by atoms with Crippen LogP contribution >= 0.6 is 7.26 Å². The molecule has 0 fully saturated rings. The van der Waals surface area contributed by atoms with Crippen LogP contribution in [0.5, 0.6) is 0 Å². The summed E-state index contributed by atoms with van der Waals surface area (Å²) in [5, 5.41) is 3.08. The Hall–Kier alpha value is -2.69. The van der Waals surface area contributed by atoms with Gasteiger partial charge in [-0.25, -0.2) is 0 Å². The van der Waals surface area contributed by atoms with Gasteiger partial charge in [0, 0.05) is 0 Å². The molecule has 0 aromatic heterocycles. The maximum absolute atomic E-state index is 3.82. The van der Waals surface area contributed by atoms with Gasteiger partial charge in [0.05, 0.1) is 0 Å². The molecule has 2 radical (unpaired) electrons. The molecule has 0 heterocycles. The summed E-state index contributed by atoms with van der Waals surface area (Å²) in [6, 6.07) is 9.33. The van der Waals surface area contributed by atoms with Gasteiger partial charge in [-0.05, 0) is 0 Å². The summed E-state index contributed by atoms with van der Waals surface area (Å²) < 4.78 is 0. The van der Waals surface area contributed by atoms with E-state index in [1.165, 1.54) is 55.1 Å². The van der Waals surface area contributed by atoms with Gasteiger partial charge in [-0.2, -0.15) is 0 Å². The average molecular weight is 419 g/mol. The maximum atomic E-state index is 3.82. The number of benzene rings is 2. The number of rotatable bonds is 2. The van der Waals surface area contributed by atoms with E-state index in [0.29, 0.717) is 11.8 Å². The van der Waals surface area contributed by atoms with Gasteiger partial charge in [-0.1, -0.05) is 0 Å². The van der Waals surface area contributed by atoms with Gasteiger partial charge in [0.2, 0.25) is 0 Å². The SMILES string of the molecule is Cc1ccc2c(c1[PH](C)(C)c1c(C)ccc3c1[C]=C1C=CC=CC13)[C]=C1C=CC=CC12. The van der Waals surface area contributed by atoms with Gasteiger partial charge in [-0.15, -0.1) is 0 Å². The molecular formula is C30H27P. The second kappa shape index (κ2) is 6.65. The van der Waals surface area contributed by atoms with Gasteiger partial charge >= 0.3 is 186 Å². The Balaban J connectivity index is 1.60. The quantitative estimate of drug-likeness (QED) is 0.536. The van der Waals surface area contributed by atoms with Crippen molar-refractivity contribution in [3.63, 3.8) is 0 Å². The molecule has 0 bridgehead atoms. The van der Waals surface area contributed by atoms with Crippen LogP contribution in [0.25, 0.3) is 0 Å². The van der Waals surface area contributed by atoms with Crippen molar-refractivity contribution < 1.29 is 0 Å². The molecule has 152 valence electrons.